The normalized spacial score (nSPS) is 20.9. The van der Waals surface area contributed by atoms with Crippen LogP contribution in [0.4, 0.5) is 26.3 Å². The van der Waals surface area contributed by atoms with Gasteiger partial charge < -0.3 is 14.2 Å². The van der Waals surface area contributed by atoms with Crippen molar-refractivity contribution in [3.05, 3.63) is 146 Å². The predicted molar refractivity (Wildman–Crippen MR) is 229 cm³/mol. The SMILES string of the molecule is C=CCCC1CCC(c2ccc(O[CH2-])c(F)c2F)CC1.[CH2-]Oc1ccc(C2CCC(/C=C/C)CC2)c(F)c1F.[CH2-]Oc1ccc(C2CCC(CC/C=C/C)CC2)c(F)c1F.[V].[V].[V].[V].[V].[V]. The Hall–Kier alpha value is -0.634. The summed E-state index contributed by atoms with van der Waals surface area (Å²) in [6.45, 7) is 7.78. The minimum Gasteiger partial charge on any atom is -0.663 e. The number of ether oxygens (including phenoxy) is 3. The van der Waals surface area contributed by atoms with Gasteiger partial charge in [-0.2, -0.15) is 34.5 Å². The first-order valence-electron chi connectivity index (χ1n) is 21.6. The quantitative estimate of drug-likeness (QED) is 0.0970. The number of allylic oxidation sites excluding steroid dienone is 5. The van der Waals surface area contributed by atoms with E-state index in [0.29, 0.717) is 34.4 Å². The predicted octanol–water partition coefficient (Wildman–Crippen LogP) is 16.1. The van der Waals surface area contributed by atoms with Crippen LogP contribution in [0, 0.1) is 74.0 Å². The molecule has 6 rings (SSSR count). The fourth-order valence-electron chi connectivity index (χ4n) is 9.19. The van der Waals surface area contributed by atoms with E-state index >= 15 is 0 Å². The molecule has 0 amide bonds. The van der Waals surface area contributed by atoms with Crippen molar-refractivity contribution in [1.29, 1.82) is 0 Å². The standard InChI is InChI=1S/C18H23F2O.C17H21F2O.C16H19F2O.6V/c1-3-4-5-6-13-7-9-14(10-8-13)15-11-12-16(21-2)18(20)17(15)19;1-3-4-5-12-6-8-13(9-7-12)14-10-11-15(20-2)17(19)16(14)18;1-3-4-11-5-7-12(8-6-11)13-9-10-14(19-2)16(18)15(13)17;;;;;;/h3-4,11-14H,2,5-10H2,1H3;3,10-13H,1-2,4-9H2;3-4,9-12H,2,5-8H2,1H3;;;;;;/q3*-1;;;;;;/b4-3+;;4-3+;;;;;;. The maximum absolute atomic E-state index is 14.1. The Morgan fingerprint density at radius 2 is 0.788 bits per heavy atom. The van der Waals surface area contributed by atoms with Crippen LogP contribution < -0.4 is 14.2 Å². The third-order valence-corrected chi connectivity index (χ3v) is 12.7. The van der Waals surface area contributed by atoms with E-state index < -0.39 is 34.9 Å². The molecule has 360 valence electrons. The molecule has 3 aliphatic rings. The number of rotatable bonds is 13. The van der Waals surface area contributed by atoms with E-state index in [2.05, 4.69) is 66.4 Å². The molecule has 66 heavy (non-hydrogen) atoms. The van der Waals surface area contributed by atoms with Crippen molar-refractivity contribution in [2.24, 2.45) is 17.8 Å². The summed E-state index contributed by atoms with van der Waals surface area (Å²) in [6.07, 6.45) is 26.9. The maximum Gasteiger partial charge on any atom is 0.198 e. The van der Waals surface area contributed by atoms with Gasteiger partial charge in [-0.05, 0) is 187 Å². The molecule has 0 bridgehead atoms. The summed E-state index contributed by atoms with van der Waals surface area (Å²) >= 11 is 0. The first kappa shape index (κ1) is 69.6. The largest absolute Gasteiger partial charge is 0.663 e. The molecule has 0 N–H and O–H groups in total. The van der Waals surface area contributed by atoms with Crippen LogP contribution in [0.25, 0.3) is 0 Å². The summed E-state index contributed by atoms with van der Waals surface area (Å²) in [5.74, 6) is -3.17. The van der Waals surface area contributed by atoms with Crippen LogP contribution in [0.3, 0.4) is 0 Å². The zero-order valence-corrected chi connectivity index (χ0v) is 46.5. The van der Waals surface area contributed by atoms with Crippen LogP contribution in [0.2, 0.25) is 0 Å². The molecule has 0 atom stereocenters. The molecule has 6 radical (unpaired) electrons. The second-order valence-corrected chi connectivity index (χ2v) is 16.4. The molecule has 0 aliphatic heterocycles. The van der Waals surface area contributed by atoms with Gasteiger partial charge in [0.05, 0.1) is 0 Å². The van der Waals surface area contributed by atoms with Crippen molar-refractivity contribution in [3.63, 3.8) is 0 Å². The minimum atomic E-state index is -0.928. The third kappa shape index (κ3) is 20.2. The van der Waals surface area contributed by atoms with Crippen LogP contribution in [0.1, 0.15) is 151 Å². The summed E-state index contributed by atoms with van der Waals surface area (Å²) in [5.41, 5.74) is 1.43. The van der Waals surface area contributed by atoms with Crippen molar-refractivity contribution in [2.45, 2.75) is 134 Å². The first-order chi connectivity index (χ1) is 29.0. The number of hydrogen-bond acceptors (Lipinski definition) is 3. The fourth-order valence-corrected chi connectivity index (χ4v) is 9.19. The second-order valence-electron chi connectivity index (χ2n) is 16.4. The van der Waals surface area contributed by atoms with Crippen LogP contribution in [0.5, 0.6) is 17.2 Å². The Kier molecular flexibility index (Phi) is 39.2. The average Bonchev–Trinajstić information content (AvgIpc) is 3.27. The van der Waals surface area contributed by atoms with Gasteiger partial charge in [0.2, 0.25) is 0 Å². The van der Waals surface area contributed by atoms with E-state index in [1.807, 2.05) is 19.9 Å². The van der Waals surface area contributed by atoms with E-state index in [4.69, 9.17) is 0 Å². The topological polar surface area (TPSA) is 27.7 Å². The van der Waals surface area contributed by atoms with E-state index in [1.54, 1.807) is 18.2 Å². The molecule has 0 unspecified atom stereocenters. The Bertz CT molecular complexity index is 1860. The monoisotopic (exact) mass is 1140 g/mol. The summed E-state index contributed by atoms with van der Waals surface area (Å²) in [7, 11) is 9.37. The summed E-state index contributed by atoms with van der Waals surface area (Å²) < 4.78 is 96.9. The Labute approximate surface area is 463 Å². The van der Waals surface area contributed by atoms with E-state index in [1.165, 1.54) is 24.6 Å². The zero-order chi connectivity index (χ0) is 43.6. The van der Waals surface area contributed by atoms with Crippen LogP contribution >= 0.6 is 0 Å². The van der Waals surface area contributed by atoms with Gasteiger partial charge in [0.25, 0.3) is 0 Å². The van der Waals surface area contributed by atoms with Crippen LogP contribution in [0.15, 0.2) is 73.4 Å². The molecule has 3 aliphatic carbocycles. The smallest absolute Gasteiger partial charge is 0.198 e. The van der Waals surface area contributed by atoms with Gasteiger partial charge in [-0.15, -0.1) is 6.58 Å². The third-order valence-electron chi connectivity index (χ3n) is 12.7. The summed E-state index contributed by atoms with van der Waals surface area (Å²) in [6, 6.07) is 9.29. The van der Waals surface area contributed by atoms with Gasteiger partial charge in [0.15, 0.2) is 34.9 Å². The zero-order valence-electron chi connectivity index (χ0n) is 38.1. The van der Waals surface area contributed by atoms with E-state index in [9.17, 15) is 26.3 Å². The van der Waals surface area contributed by atoms with Crippen molar-refractivity contribution in [2.75, 3.05) is 0 Å². The second kappa shape index (κ2) is 37.2. The average molecular weight is 1140 g/mol. The van der Waals surface area contributed by atoms with Gasteiger partial charge in [0, 0.05) is 111 Å². The van der Waals surface area contributed by atoms with Gasteiger partial charge in [-0.3, -0.25) is 0 Å². The van der Waals surface area contributed by atoms with Crippen LogP contribution in [-0.2, 0) is 111 Å². The molecule has 3 aromatic rings. The maximum atomic E-state index is 14.1. The van der Waals surface area contributed by atoms with Crippen molar-refractivity contribution in [3.8, 4) is 17.2 Å². The van der Waals surface area contributed by atoms with E-state index in [-0.39, 0.29) is 146 Å². The van der Waals surface area contributed by atoms with Gasteiger partial charge >= 0.3 is 0 Å². The molecule has 15 heteroatoms. The summed E-state index contributed by atoms with van der Waals surface area (Å²) in [4.78, 5) is 0. The Morgan fingerprint density at radius 3 is 1.08 bits per heavy atom. The molecule has 0 aromatic heterocycles. The van der Waals surface area contributed by atoms with Crippen molar-refractivity contribution < 1.29 is 152 Å². The van der Waals surface area contributed by atoms with Gasteiger partial charge in [-0.25, -0.2) is 13.2 Å². The minimum absolute atomic E-state index is 0. The fraction of sp³-hybridized carbons (Fsp3) is 0.471. The number of hydrogen-bond donors (Lipinski definition) is 0. The van der Waals surface area contributed by atoms with Gasteiger partial charge in [0.1, 0.15) is 17.2 Å². The Morgan fingerprint density at radius 1 is 0.470 bits per heavy atom. The molecule has 0 saturated heterocycles. The Balaban J connectivity index is -0.000000864. The molecular weight excluding hydrogens is 1080 g/mol. The molecular formula is C51H63F6O3V6-3. The molecule has 0 spiro atoms. The van der Waals surface area contributed by atoms with Gasteiger partial charge in [-0.1, -0.05) is 48.6 Å². The molecule has 3 nitrogen and oxygen atoms in total. The number of benzene rings is 3. The molecule has 3 fully saturated rings. The molecule has 0 heterocycles. The molecule has 3 aromatic carbocycles. The summed E-state index contributed by atoms with van der Waals surface area (Å²) in [5, 5.41) is 0. The van der Waals surface area contributed by atoms with Crippen molar-refractivity contribution >= 4 is 0 Å². The van der Waals surface area contributed by atoms with Crippen LogP contribution in [-0.4, -0.2) is 0 Å². The van der Waals surface area contributed by atoms with Crippen molar-refractivity contribution in [1.82, 2.24) is 0 Å². The first-order valence-corrected chi connectivity index (χ1v) is 21.6. The number of halogens is 6. The molecule has 3 saturated carbocycles. The van der Waals surface area contributed by atoms with E-state index in [0.717, 1.165) is 96.3 Å².